The number of aliphatic carboxylic acids is 1. The Balaban J connectivity index is 1.71. The monoisotopic (exact) mass is 295 g/mol. The van der Waals surface area contributed by atoms with Crippen LogP contribution in [0.5, 0.6) is 0 Å². The number of hydrogen-bond donors (Lipinski definition) is 2. The lowest BCUT2D eigenvalue weighted by molar-refractivity contribution is -0.143. The maximum Gasteiger partial charge on any atom is 0.306 e. The first-order valence-corrected chi connectivity index (χ1v) is 7.62. The summed E-state index contributed by atoms with van der Waals surface area (Å²) in [5, 5.41) is 13.2. The second-order valence-corrected chi connectivity index (χ2v) is 6.18. The van der Waals surface area contributed by atoms with Crippen molar-refractivity contribution in [3.05, 3.63) is 34.3 Å². The van der Waals surface area contributed by atoms with Crippen LogP contribution < -0.4 is 5.32 Å². The van der Waals surface area contributed by atoms with Gasteiger partial charge >= 0.3 is 5.97 Å². The Morgan fingerprint density at radius 3 is 2.65 bits per heavy atom. The molecule has 1 saturated carbocycles. The Labute approximate surface area is 125 Å². The average molecular weight is 296 g/mol. The maximum atomic E-state index is 10.9. The number of carbonyl (C=O) groups is 1. The molecule has 1 fully saturated rings. The van der Waals surface area contributed by atoms with Crippen molar-refractivity contribution in [2.75, 3.05) is 6.54 Å². The molecule has 0 atom stereocenters. The molecule has 1 aromatic carbocycles. The van der Waals surface area contributed by atoms with Gasteiger partial charge in [-0.25, -0.2) is 0 Å². The summed E-state index contributed by atoms with van der Waals surface area (Å²) in [6, 6.07) is 6.14. The van der Waals surface area contributed by atoms with E-state index in [0.29, 0.717) is 5.92 Å². The number of halogens is 1. The smallest absolute Gasteiger partial charge is 0.306 e. The van der Waals surface area contributed by atoms with Crippen molar-refractivity contribution in [1.29, 1.82) is 0 Å². The largest absolute Gasteiger partial charge is 0.481 e. The first-order valence-electron chi connectivity index (χ1n) is 7.25. The molecule has 20 heavy (non-hydrogen) atoms. The first-order chi connectivity index (χ1) is 9.56. The third-order valence-electron chi connectivity index (χ3n) is 4.19. The molecule has 0 spiro atoms. The van der Waals surface area contributed by atoms with E-state index in [1.165, 1.54) is 5.56 Å². The Kier molecular flexibility index (Phi) is 5.44. The number of benzene rings is 1. The summed E-state index contributed by atoms with van der Waals surface area (Å²) < 4.78 is 0. The third kappa shape index (κ3) is 4.22. The van der Waals surface area contributed by atoms with Gasteiger partial charge in [-0.3, -0.25) is 4.79 Å². The van der Waals surface area contributed by atoms with Crippen LogP contribution in [-0.2, 0) is 11.3 Å². The second-order valence-electron chi connectivity index (χ2n) is 5.77. The number of carboxylic acid groups (broad SMARTS) is 1. The van der Waals surface area contributed by atoms with Crippen LogP contribution in [-0.4, -0.2) is 17.6 Å². The van der Waals surface area contributed by atoms with Gasteiger partial charge in [-0.05, 0) is 62.3 Å². The molecule has 1 aromatic rings. The van der Waals surface area contributed by atoms with Crippen LogP contribution in [0.25, 0.3) is 0 Å². The number of aryl methyl sites for hydroxylation is 1. The Hall–Kier alpha value is -1.06. The van der Waals surface area contributed by atoms with Gasteiger partial charge in [0.1, 0.15) is 0 Å². The van der Waals surface area contributed by atoms with Crippen LogP contribution in [0.3, 0.4) is 0 Å². The molecule has 0 aromatic heterocycles. The molecule has 2 rings (SSSR count). The fraction of sp³-hybridized carbons (Fsp3) is 0.562. The highest BCUT2D eigenvalue weighted by Gasteiger charge is 2.25. The van der Waals surface area contributed by atoms with Crippen LogP contribution in [0.4, 0.5) is 0 Å². The van der Waals surface area contributed by atoms with Crippen molar-refractivity contribution in [3.8, 4) is 0 Å². The number of hydrogen-bond acceptors (Lipinski definition) is 2. The lowest BCUT2D eigenvalue weighted by Crippen LogP contribution is -2.28. The summed E-state index contributed by atoms with van der Waals surface area (Å²) in [5.74, 6) is -0.153. The zero-order valence-corrected chi connectivity index (χ0v) is 12.6. The van der Waals surface area contributed by atoms with Crippen molar-refractivity contribution in [1.82, 2.24) is 5.32 Å². The standard InChI is InChI=1S/C16H22ClNO2/c1-11-2-3-13(8-15(11)17)10-18-9-12-4-6-14(7-5-12)16(19)20/h2-3,8,12,14,18H,4-7,9-10H2,1H3,(H,19,20). The zero-order chi connectivity index (χ0) is 14.5. The minimum atomic E-state index is -0.634. The molecular weight excluding hydrogens is 274 g/mol. The molecule has 0 heterocycles. The molecule has 0 aliphatic heterocycles. The van der Waals surface area contributed by atoms with E-state index in [9.17, 15) is 4.79 Å². The summed E-state index contributed by atoms with van der Waals surface area (Å²) >= 11 is 6.10. The fourth-order valence-corrected chi connectivity index (χ4v) is 2.98. The molecule has 0 bridgehead atoms. The topological polar surface area (TPSA) is 49.3 Å². The third-order valence-corrected chi connectivity index (χ3v) is 4.60. The minimum Gasteiger partial charge on any atom is -0.481 e. The number of nitrogens with one attached hydrogen (secondary N) is 1. The second kappa shape index (κ2) is 7.09. The van der Waals surface area contributed by atoms with E-state index in [4.69, 9.17) is 16.7 Å². The van der Waals surface area contributed by atoms with Crippen LogP contribution in [0, 0.1) is 18.8 Å². The molecule has 0 saturated heterocycles. The molecule has 1 aliphatic carbocycles. The molecule has 0 unspecified atom stereocenters. The van der Waals surface area contributed by atoms with Gasteiger partial charge in [0.15, 0.2) is 0 Å². The molecule has 0 radical (unpaired) electrons. The minimum absolute atomic E-state index is 0.123. The first kappa shape index (κ1) is 15.3. The van der Waals surface area contributed by atoms with Gasteiger partial charge in [0.2, 0.25) is 0 Å². The van der Waals surface area contributed by atoms with Crippen molar-refractivity contribution in [2.24, 2.45) is 11.8 Å². The van der Waals surface area contributed by atoms with E-state index >= 15 is 0 Å². The SMILES string of the molecule is Cc1ccc(CNCC2CCC(C(=O)O)CC2)cc1Cl. The maximum absolute atomic E-state index is 10.9. The molecular formula is C16H22ClNO2. The van der Waals surface area contributed by atoms with Gasteiger partial charge in [-0.1, -0.05) is 23.7 Å². The molecule has 0 amide bonds. The van der Waals surface area contributed by atoms with Crippen LogP contribution >= 0.6 is 11.6 Å². The van der Waals surface area contributed by atoms with E-state index in [0.717, 1.165) is 49.4 Å². The quantitative estimate of drug-likeness (QED) is 0.872. The van der Waals surface area contributed by atoms with Crippen LogP contribution in [0.15, 0.2) is 18.2 Å². The van der Waals surface area contributed by atoms with Gasteiger partial charge in [-0.15, -0.1) is 0 Å². The van der Waals surface area contributed by atoms with E-state index in [2.05, 4.69) is 11.4 Å². The molecule has 1 aliphatic rings. The molecule has 2 N–H and O–H groups in total. The normalized spacial score (nSPS) is 22.7. The van der Waals surface area contributed by atoms with Crippen molar-refractivity contribution in [2.45, 2.75) is 39.2 Å². The van der Waals surface area contributed by atoms with Crippen molar-refractivity contribution >= 4 is 17.6 Å². The number of rotatable bonds is 5. The van der Waals surface area contributed by atoms with Crippen LogP contribution in [0.1, 0.15) is 36.8 Å². The van der Waals surface area contributed by atoms with Gasteiger partial charge < -0.3 is 10.4 Å². The van der Waals surface area contributed by atoms with E-state index < -0.39 is 5.97 Å². The van der Waals surface area contributed by atoms with E-state index in [-0.39, 0.29) is 5.92 Å². The lowest BCUT2D eigenvalue weighted by atomic mass is 9.82. The van der Waals surface area contributed by atoms with Gasteiger partial charge in [0, 0.05) is 11.6 Å². The predicted octanol–water partition coefficient (Wildman–Crippen LogP) is 3.63. The summed E-state index contributed by atoms with van der Waals surface area (Å²) in [5.41, 5.74) is 2.29. The summed E-state index contributed by atoms with van der Waals surface area (Å²) in [6.07, 6.45) is 3.66. The average Bonchev–Trinajstić information content (AvgIpc) is 2.43. The molecule has 110 valence electrons. The van der Waals surface area contributed by atoms with Gasteiger partial charge in [0.25, 0.3) is 0 Å². The molecule has 3 nitrogen and oxygen atoms in total. The number of carboxylic acids is 1. The summed E-state index contributed by atoms with van der Waals surface area (Å²) in [6.45, 7) is 3.77. The Morgan fingerprint density at radius 2 is 2.05 bits per heavy atom. The zero-order valence-electron chi connectivity index (χ0n) is 11.9. The Bertz CT molecular complexity index is 468. The highest BCUT2D eigenvalue weighted by Crippen LogP contribution is 2.28. The Morgan fingerprint density at radius 1 is 1.35 bits per heavy atom. The van der Waals surface area contributed by atoms with Crippen molar-refractivity contribution < 1.29 is 9.90 Å². The van der Waals surface area contributed by atoms with Crippen LogP contribution in [0.2, 0.25) is 5.02 Å². The van der Waals surface area contributed by atoms with E-state index in [1.807, 2.05) is 19.1 Å². The highest BCUT2D eigenvalue weighted by atomic mass is 35.5. The summed E-state index contributed by atoms with van der Waals surface area (Å²) in [4.78, 5) is 10.9. The van der Waals surface area contributed by atoms with Gasteiger partial charge in [-0.2, -0.15) is 0 Å². The summed E-state index contributed by atoms with van der Waals surface area (Å²) in [7, 11) is 0. The molecule has 4 heteroatoms. The van der Waals surface area contributed by atoms with Crippen molar-refractivity contribution in [3.63, 3.8) is 0 Å². The highest BCUT2D eigenvalue weighted by molar-refractivity contribution is 6.31. The predicted molar refractivity (Wildman–Crippen MR) is 81.0 cm³/mol. The fourth-order valence-electron chi connectivity index (χ4n) is 2.78. The van der Waals surface area contributed by atoms with Gasteiger partial charge in [0.05, 0.1) is 5.92 Å². The van der Waals surface area contributed by atoms with E-state index in [1.54, 1.807) is 0 Å². The lowest BCUT2D eigenvalue weighted by Gasteiger charge is -2.26.